The van der Waals surface area contributed by atoms with Crippen LogP contribution in [0.1, 0.15) is 56.2 Å². The average Bonchev–Trinajstić information content (AvgIpc) is 3.25. The highest BCUT2D eigenvalue weighted by atomic mass is 16.5. The predicted octanol–water partition coefficient (Wildman–Crippen LogP) is 1.73. The number of hydrogen-bond donors (Lipinski definition) is 1. The summed E-state index contributed by atoms with van der Waals surface area (Å²) in [5, 5.41) is 6.92. The maximum Gasteiger partial charge on any atom is 0.229 e. The summed E-state index contributed by atoms with van der Waals surface area (Å²) in [6, 6.07) is 0. The fourth-order valence-corrected chi connectivity index (χ4v) is 3.11. The number of carbonyl (C=O) groups is 1. The molecule has 1 saturated heterocycles. The van der Waals surface area contributed by atoms with Gasteiger partial charge in [0, 0.05) is 31.8 Å². The monoisotopic (exact) mass is 306 g/mol. The molecule has 6 nitrogen and oxygen atoms in total. The normalized spacial score (nSPS) is 22.7. The van der Waals surface area contributed by atoms with Crippen molar-refractivity contribution in [2.75, 3.05) is 26.7 Å². The summed E-state index contributed by atoms with van der Waals surface area (Å²) in [4.78, 5) is 18.6. The summed E-state index contributed by atoms with van der Waals surface area (Å²) in [5.41, 5.74) is 0. The van der Waals surface area contributed by atoms with Crippen molar-refractivity contribution in [2.45, 2.75) is 50.9 Å². The Morgan fingerprint density at radius 2 is 2.27 bits per heavy atom. The van der Waals surface area contributed by atoms with E-state index < -0.39 is 0 Å². The number of nitrogens with zero attached hydrogens (tertiary/aromatic N) is 3. The summed E-state index contributed by atoms with van der Waals surface area (Å²) in [7, 11) is 2.16. The minimum atomic E-state index is 0.138. The Morgan fingerprint density at radius 1 is 1.41 bits per heavy atom. The van der Waals surface area contributed by atoms with Gasteiger partial charge in [-0.15, -0.1) is 0 Å². The first-order valence-electron chi connectivity index (χ1n) is 8.48. The van der Waals surface area contributed by atoms with Crippen molar-refractivity contribution in [3.8, 4) is 0 Å². The molecule has 2 aliphatic rings. The molecular formula is C16H26N4O2. The van der Waals surface area contributed by atoms with Crippen LogP contribution in [0, 0.1) is 5.92 Å². The van der Waals surface area contributed by atoms with E-state index >= 15 is 0 Å². The molecule has 22 heavy (non-hydrogen) atoms. The van der Waals surface area contributed by atoms with Crippen molar-refractivity contribution in [2.24, 2.45) is 5.92 Å². The first-order chi connectivity index (χ1) is 10.7. The number of piperidine rings is 1. The Bertz CT molecular complexity index is 498. The second-order valence-corrected chi connectivity index (χ2v) is 6.73. The van der Waals surface area contributed by atoms with Gasteiger partial charge in [-0.3, -0.25) is 4.79 Å². The van der Waals surface area contributed by atoms with Crippen LogP contribution in [0.15, 0.2) is 4.52 Å². The molecule has 122 valence electrons. The van der Waals surface area contributed by atoms with E-state index in [0.29, 0.717) is 37.0 Å². The second kappa shape index (κ2) is 7.22. The molecular weight excluding hydrogens is 280 g/mol. The first kappa shape index (κ1) is 15.5. The molecule has 0 bridgehead atoms. The highest BCUT2D eigenvalue weighted by Gasteiger charge is 2.29. The number of amides is 1. The summed E-state index contributed by atoms with van der Waals surface area (Å²) in [6.45, 7) is 2.91. The van der Waals surface area contributed by atoms with Crippen LogP contribution in [0.4, 0.5) is 0 Å². The third kappa shape index (κ3) is 4.53. The van der Waals surface area contributed by atoms with E-state index in [1.807, 2.05) is 0 Å². The molecule has 1 saturated carbocycles. The zero-order valence-electron chi connectivity index (χ0n) is 13.4. The summed E-state index contributed by atoms with van der Waals surface area (Å²) in [6.07, 6.45) is 7.09. The van der Waals surface area contributed by atoms with Gasteiger partial charge in [0.25, 0.3) is 0 Å². The molecule has 0 spiro atoms. The van der Waals surface area contributed by atoms with Crippen molar-refractivity contribution in [3.63, 3.8) is 0 Å². The molecule has 0 radical (unpaired) electrons. The van der Waals surface area contributed by atoms with Crippen LogP contribution in [0.3, 0.4) is 0 Å². The van der Waals surface area contributed by atoms with E-state index in [1.54, 1.807) is 0 Å². The number of nitrogens with one attached hydrogen (secondary N) is 1. The maximum atomic E-state index is 11.9. The molecule has 1 N–H and O–H groups in total. The molecule has 0 unspecified atom stereocenters. The first-order valence-corrected chi connectivity index (χ1v) is 8.48. The summed E-state index contributed by atoms with van der Waals surface area (Å²) in [5.74, 6) is 2.77. The van der Waals surface area contributed by atoms with Crippen LogP contribution in [0.5, 0.6) is 0 Å². The quantitative estimate of drug-likeness (QED) is 0.830. The van der Waals surface area contributed by atoms with E-state index in [0.717, 1.165) is 31.7 Å². The molecule has 2 heterocycles. The van der Waals surface area contributed by atoms with Crippen molar-refractivity contribution in [3.05, 3.63) is 11.7 Å². The third-order valence-electron chi connectivity index (χ3n) is 4.58. The van der Waals surface area contributed by atoms with Gasteiger partial charge in [-0.05, 0) is 51.6 Å². The summed E-state index contributed by atoms with van der Waals surface area (Å²) >= 11 is 0. The lowest BCUT2D eigenvalue weighted by Crippen LogP contribution is -2.33. The highest BCUT2D eigenvalue weighted by molar-refractivity contribution is 5.75. The molecule has 1 aliphatic heterocycles. The Labute approximate surface area is 131 Å². The Kier molecular flexibility index (Phi) is 5.08. The Balaban J connectivity index is 1.30. The van der Waals surface area contributed by atoms with Crippen LogP contribution >= 0.6 is 0 Å². The second-order valence-electron chi connectivity index (χ2n) is 6.73. The molecule has 3 rings (SSSR count). The van der Waals surface area contributed by atoms with Crippen LogP contribution in [0.25, 0.3) is 0 Å². The predicted molar refractivity (Wildman–Crippen MR) is 82.4 cm³/mol. The van der Waals surface area contributed by atoms with Gasteiger partial charge in [-0.1, -0.05) is 5.16 Å². The van der Waals surface area contributed by atoms with Crippen molar-refractivity contribution in [1.82, 2.24) is 20.4 Å². The van der Waals surface area contributed by atoms with Crippen LogP contribution in [0.2, 0.25) is 0 Å². The topological polar surface area (TPSA) is 71.3 Å². The van der Waals surface area contributed by atoms with E-state index in [9.17, 15) is 4.79 Å². The van der Waals surface area contributed by atoms with Gasteiger partial charge in [0.15, 0.2) is 5.82 Å². The molecule has 1 atom stereocenters. The number of likely N-dealkylation sites (tertiary alicyclic amines) is 1. The fourth-order valence-electron chi connectivity index (χ4n) is 3.11. The van der Waals surface area contributed by atoms with Crippen molar-refractivity contribution < 1.29 is 9.32 Å². The molecule has 1 aliphatic carbocycles. The fraction of sp³-hybridized carbons (Fsp3) is 0.812. The van der Waals surface area contributed by atoms with E-state index in [1.165, 1.54) is 19.4 Å². The largest absolute Gasteiger partial charge is 0.356 e. The van der Waals surface area contributed by atoms with Gasteiger partial charge in [0.05, 0.1) is 0 Å². The minimum Gasteiger partial charge on any atom is -0.356 e. The van der Waals surface area contributed by atoms with E-state index in [-0.39, 0.29) is 5.91 Å². The zero-order valence-corrected chi connectivity index (χ0v) is 13.4. The Hall–Kier alpha value is -1.43. The number of rotatable bonds is 7. The lowest BCUT2D eigenvalue weighted by Gasteiger charge is -2.29. The smallest absolute Gasteiger partial charge is 0.229 e. The molecule has 1 aromatic rings. The molecule has 0 aromatic carbocycles. The molecule has 6 heteroatoms. The van der Waals surface area contributed by atoms with Crippen LogP contribution in [-0.2, 0) is 11.2 Å². The summed E-state index contributed by atoms with van der Waals surface area (Å²) < 4.78 is 5.20. The van der Waals surface area contributed by atoms with Gasteiger partial charge in [-0.2, -0.15) is 4.98 Å². The highest BCUT2D eigenvalue weighted by Crippen LogP contribution is 2.38. The van der Waals surface area contributed by atoms with Crippen LogP contribution < -0.4 is 5.32 Å². The lowest BCUT2D eigenvalue weighted by molar-refractivity contribution is -0.121. The van der Waals surface area contributed by atoms with Gasteiger partial charge in [0.2, 0.25) is 11.8 Å². The van der Waals surface area contributed by atoms with Crippen molar-refractivity contribution >= 4 is 5.91 Å². The Morgan fingerprint density at radius 3 is 3.05 bits per heavy atom. The number of carbonyl (C=O) groups excluding carboxylic acids is 1. The van der Waals surface area contributed by atoms with Gasteiger partial charge < -0.3 is 14.7 Å². The molecule has 1 amide bonds. The van der Waals surface area contributed by atoms with Gasteiger partial charge >= 0.3 is 0 Å². The molecule has 1 aromatic heterocycles. The zero-order chi connectivity index (χ0) is 15.4. The maximum absolute atomic E-state index is 11.9. The average molecular weight is 306 g/mol. The van der Waals surface area contributed by atoms with E-state index in [4.69, 9.17) is 4.52 Å². The van der Waals surface area contributed by atoms with Gasteiger partial charge in [0.1, 0.15) is 0 Å². The number of hydrogen-bond acceptors (Lipinski definition) is 5. The molecule has 2 fully saturated rings. The minimum absolute atomic E-state index is 0.138. The number of aromatic nitrogens is 2. The van der Waals surface area contributed by atoms with E-state index in [2.05, 4.69) is 27.4 Å². The SMILES string of the molecule is CN1CCC[C@H](CCC(=O)NCCc2noc(C3CC3)n2)C1. The third-order valence-corrected chi connectivity index (χ3v) is 4.58. The standard InChI is InChI=1S/C16H26N4O2/c1-20-10-2-3-12(11-20)4-7-15(21)17-9-8-14-18-16(22-19-14)13-5-6-13/h12-13H,2-11H2,1H3,(H,17,21)/t12-/m1/s1. The van der Waals surface area contributed by atoms with Crippen LogP contribution in [-0.4, -0.2) is 47.6 Å². The van der Waals surface area contributed by atoms with Crippen molar-refractivity contribution in [1.29, 1.82) is 0 Å². The lowest BCUT2D eigenvalue weighted by atomic mass is 9.93. The van der Waals surface area contributed by atoms with Gasteiger partial charge in [-0.25, -0.2) is 0 Å².